The number of nitrogens with one attached hydrogen (secondary N) is 3. The van der Waals surface area contributed by atoms with Crippen molar-refractivity contribution in [2.75, 3.05) is 6.54 Å². The van der Waals surface area contributed by atoms with Crippen LogP contribution in [0.5, 0.6) is 5.75 Å². The number of carbonyl (C=O) groups excluding carboxylic acids is 2. The Balaban J connectivity index is 1.51. The number of hydrogen-bond acceptors (Lipinski definition) is 4. The number of para-hydroxylation sites is 2. The highest BCUT2D eigenvalue weighted by Gasteiger charge is 2.15. The summed E-state index contributed by atoms with van der Waals surface area (Å²) >= 11 is 0. The lowest BCUT2D eigenvalue weighted by Crippen LogP contribution is -2.38. The van der Waals surface area contributed by atoms with Crippen molar-refractivity contribution >= 4 is 22.8 Å². The molecular formula is C19H18F2N4O3. The van der Waals surface area contributed by atoms with Gasteiger partial charge in [0.2, 0.25) is 5.91 Å². The number of fused-ring (bicyclic) bond motifs is 1. The largest absolute Gasteiger partial charge is 0.435 e. The summed E-state index contributed by atoms with van der Waals surface area (Å²) in [5, 5.41) is 5.22. The number of ether oxygens (including phenoxy) is 1. The topological polar surface area (TPSA) is 96.1 Å². The average molecular weight is 388 g/mol. The summed E-state index contributed by atoms with van der Waals surface area (Å²) in [6.07, 6.45) is 0. The van der Waals surface area contributed by atoms with Gasteiger partial charge in [-0.2, -0.15) is 8.78 Å². The molecule has 1 unspecified atom stereocenters. The third-order valence-electron chi connectivity index (χ3n) is 3.95. The molecule has 0 aliphatic rings. The van der Waals surface area contributed by atoms with E-state index in [0.29, 0.717) is 5.82 Å². The van der Waals surface area contributed by atoms with Crippen molar-refractivity contribution < 1.29 is 23.1 Å². The number of halogens is 2. The van der Waals surface area contributed by atoms with Crippen molar-refractivity contribution in [3.05, 3.63) is 59.9 Å². The Hall–Kier alpha value is -3.49. The molecule has 0 aliphatic heterocycles. The second-order valence-electron chi connectivity index (χ2n) is 6.01. The summed E-state index contributed by atoms with van der Waals surface area (Å²) < 4.78 is 28.5. The van der Waals surface area contributed by atoms with E-state index < -0.39 is 12.5 Å². The van der Waals surface area contributed by atoms with Crippen molar-refractivity contribution in [3.8, 4) is 5.75 Å². The molecule has 1 heterocycles. The molecule has 0 radical (unpaired) electrons. The van der Waals surface area contributed by atoms with Crippen molar-refractivity contribution in [2.45, 2.75) is 19.6 Å². The zero-order valence-electron chi connectivity index (χ0n) is 14.9. The van der Waals surface area contributed by atoms with Gasteiger partial charge in [-0.25, -0.2) is 4.98 Å². The van der Waals surface area contributed by atoms with Crippen LogP contribution in [-0.2, 0) is 4.79 Å². The smallest absolute Gasteiger partial charge is 0.387 e. The monoisotopic (exact) mass is 388 g/mol. The van der Waals surface area contributed by atoms with E-state index in [-0.39, 0.29) is 29.8 Å². The van der Waals surface area contributed by atoms with Gasteiger partial charge in [0.15, 0.2) is 0 Å². The van der Waals surface area contributed by atoms with E-state index in [1.165, 1.54) is 24.3 Å². The minimum Gasteiger partial charge on any atom is -0.435 e. The van der Waals surface area contributed by atoms with Gasteiger partial charge < -0.3 is 20.4 Å². The van der Waals surface area contributed by atoms with E-state index >= 15 is 0 Å². The quantitative estimate of drug-likeness (QED) is 0.580. The lowest BCUT2D eigenvalue weighted by Gasteiger charge is -2.12. The third-order valence-corrected chi connectivity index (χ3v) is 3.95. The second-order valence-corrected chi connectivity index (χ2v) is 6.01. The molecule has 0 spiro atoms. The normalized spacial score (nSPS) is 12.0. The maximum absolute atomic E-state index is 12.1. The fraction of sp³-hybridized carbons (Fsp3) is 0.211. The van der Waals surface area contributed by atoms with Gasteiger partial charge in [-0.15, -0.1) is 0 Å². The molecule has 146 valence electrons. The van der Waals surface area contributed by atoms with E-state index in [1.54, 1.807) is 6.92 Å². The van der Waals surface area contributed by atoms with Gasteiger partial charge in [0.25, 0.3) is 5.91 Å². The zero-order chi connectivity index (χ0) is 20.1. The number of benzene rings is 2. The molecule has 0 fully saturated rings. The Kier molecular flexibility index (Phi) is 5.83. The van der Waals surface area contributed by atoms with Crippen LogP contribution in [-0.4, -0.2) is 34.9 Å². The first kappa shape index (κ1) is 19.3. The number of rotatable bonds is 7. The molecule has 9 heteroatoms. The van der Waals surface area contributed by atoms with Crippen molar-refractivity contribution in [1.82, 2.24) is 20.6 Å². The molecule has 7 nitrogen and oxygen atoms in total. The number of aromatic amines is 1. The van der Waals surface area contributed by atoms with E-state index in [0.717, 1.165) is 11.0 Å². The Bertz CT molecular complexity index is 940. The first-order valence-corrected chi connectivity index (χ1v) is 8.49. The first-order chi connectivity index (χ1) is 13.4. The van der Waals surface area contributed by atoms with Crippen molar-refractivity contribution in [3.63, 3.8) is 0 Å². The van der Waals surface area contributed by atoms with Gasteiger partial charge in [-0.3, -0.25) is 9.59 Å². The molecular weight excluding hydrogens is 370 g/mol. The molecule has 28 heavy (non-hydrogen) atoms. The Morgan fingerprint density at radius 3 is 2.54 bits per heavy atom. The van der Waals surface area contributed by atoms with Gasteiger partial charge in [0.1, 0.15) is 11.6 Å². The minimum atomic E-state index is -2.93. The van der Waals surface area contributed by atoms with Gasteiger partial charge >= 0.3 is 6.61 Å². The van der Waals surface area contributed by atoms with Gasteiger partial charge in [-0.1, -0.05) is 12.1 Å². The van der Waals surface area contributed by atoms with Crippen LogP contribution in [0.3, 0.4) is 0 Å². The summed E-state index contributed by atoms with van der Waals surface area (Å²) in [5.41, 5.74) is 1.89. The predicted molar refractivity (Wildman–Crippen MR) is 98.1 cm³/mol. The van der Waals surface area contributed by atoms with E-state index in [9.17, 15) is 18.4 Å². The highest BCUT2D eigenvalue weighted by molar-refractivity contribution is 5.96. The van der Waals surface area contributed by atoms with Gasteiger partial charge in [0, 0.05) is 5.56 Å². The summed E-state index contributed by atoms with van der Waals surface area (Å²) in [5.74, 6) is -0.339. The maximum Gasteiger partial charge on any atom is 0.387 e. The summed E-state index contributed by atoms with van der Waals surface area (Å²) in [7, 11) is 0. The maximum atomic E-state index is 12.1. The number of H-pyrrole nitrogens is 1. The van der Waals surface area contributed by atoms with Gasteiger partial charge in [-0.05, 0) is 43.3 Å². The molecule has 3 rings (SSSR count). The Morgan fingerprint density at radius 2 is 1.86 bits per heavy atom. The number of imidazole rings is 1. The molecule has 0 bridgehead atoms. The SMILES string of the molecule is CC(NC(=O)CNC(=O)c1ccc(OC(F)F)cc1)c1nc2ccccc2[nH]1. The number of hydrogen-bond donors (Lipinski definition) is 3. The summed E-state index contributed by atoms with van der Waals surface area (Å²) in [6.45, 7) is -1.39. The molecule has 3 N–H and O–H groups in total. The molecule has 1 atom stereocenters. The second kappa shape index (κ2) is 8.47. The first-order valence-electron chi connectivity index (χ1n) is 8.49. The number of alkyl halides is 2. The molecule has 2 aromatic carbocycles. The fourth-order valence-corrected chi connectivity index (χ4v) is 2.59. The molecule has 0 saturated carbocycles. The number of nitrogens with zero attached hydrogens (tertiary/aromatic N) is 1. The zero-order valence-corrected chi connectivity index (χ0v) is 14.9. The lowest BCUT2D eigenvalue weighted by atomic mass is 10.2. The molecule has 1 aromatic heterocycles. The molecule has 0 saturated heterocycles. The van der Waals surface area contributed by atoms with Gasteiger partial charge in [0.05, 0.1) is 23.6 Å². The van der Waals surface area contributed by atoms with E-state index in [1.807, 2.05) is 24.3 Å². The Morgan fingerprint density at radius 1 is 1.14 bits per heavy atom. The van der Waals surface area contributed by atoms with Crippen LogP contribution in [0.2, 0.25) is 0 Å². The van der Waals surface area contributed by atoms with Crippen LogP contribution in [0.1, 0.15) is 29.1 Å². The minimum absolute atomic E-state index is 0.0519. The van der Waals surface area contributed by atoms with Crippen LogP contribution in [0.4, 0.5) is 8.78 Å². The number of aromatic nitrogens is 2. The van der Waals surface area contributed by atoms with Crippen molar-refractivity contribution in [2.24, 2.45) is 0 Å². The fourth-order valence-electron chi connectivity index (χ4n) is 2.59. The number of amides is 2. The highest BCUT2D eigenvalue weighted by Crippen LogP contribution is 2.16. The predicted octanol–water partition coefficient (Wildman–Crippen LogP) is 2.77. The van der Waals surface area contributed by atoms with E-state index in [2.05, 4.69) is 25.3 Å². The van der Waals surface area contributed by atoms with Crippen LogP contribution in [0, 0.1) is 0 Å². The average Bonchev–Trinajstić information content (AvgIpc) is 3.10. The van der Waals surface area contributed by atoms with Crippen LogP contribution < -0.4 is 15.4 Å². The molecule has 3 aromatic rings. The van der Waals surface area contributed by atoms with E-state index in [4.69, 9.17) is 0 Å². The standard InChI is InChI=1S/C19H18F2N4O3/c1-11(17-24-14-4-2-3-5-15(14)25-17)23-16(26)10-22-18(27)12-6-8-13(9-7-12)28-19(20)21/h2-9,11,19H,10H2,1H3,(H,22,27)(H,23,26)(H,24,25). The molecule has 2 amide bonds. The van der Waals surface area contributed by atoms with Crippen LogP contribution >= 0.6 is 0 Å². The lowest BCUT2D eigenvalue weighted by molar-refractivity contribution is -0.120. The third kappa shape index (κ3) is 4.81. The van der Waals surface area contributed by atoms with Crippen LogP contribution in [0.15, 0.2) is 48.5 Å². The molecule has 0 aliphatic carbocycles. The highest BCUT2D eigenvalue weighted by atomic mass is 19.3. The van der Waals surface area contributed by atoms with Crippen molar-refractivity contribution in [1.29, 1.82) is 0 Å². The van der Waals surface area contributed by atoms with Crippen LogP contribution in [0.25, 0.3) is 11.0 Å². The Labute approximate surface area is 159 Å². The summed E-state index contributed by atoms with van der Waals surface area (Å²) in [6, 6.07) is 12.3. The number of carbonyl (C=O) groups is 2. The summed E-state index contributed by atoms with van der Waals surface area (Å²) in [4.78, 5) is 31.7.